The standard InChI is InChI=1S/C7H7IN4/c1-4-3-12-5(8)2-10-6(9)7(12)11-4/h2-3H,1H3,(H2,9,10). The van der Waals surface area contributed by atoms with Crippen LogP contribution >= 0.6 is 22.6 Å². The van der Waals surface area contributed by atoms with Crippen LogP contribution in [-0.4, -0.2) is 14.4 Å². The second kappa shape index (κ2) is 2.58. The van der Waals surface area contributed by atoms with Gasteiger partial charge in [-0.1, -0.05) is 0 Å². The van der Waals surface area contributed by atoms with Gasteiger partial charge in [0, 0.05) is 6.20 Å². The van der Waals surface area contributed by atoms with Crippen molar-refractivity contribution in [2.24, 2.45) is 0 Å². The van der Waals surface area contributed by atoms with Gasteiger partial charge in [-0.15, -0.1) is 0 Å². The minimum absolute atomic E-state index is 0.475. The molecule has 2 aromatic heterocycles. The summed E-state index contributed by atoms with van der Waals surface area (Å²) < 4.78 is 2.94. The molecule has 12 heavy (non-hydrogen) atoms. The van der Waals surface area contributed by atoms with Gasteiger partial charge in [-0.25, -0.2) is 9.97 Å². The highest BCUT2D eigenvalue weighted by molar-refractivity contribution is 14.1. The molecule has 0 bridgehead atoms. The third kappa shape index (κ3) is 1.04. The van der Waals surface area contributed by atoms with E-state index in [0.29, 0.717) is 5.82 Å². The summed E-state index contributed by atoms with van der Waals surface area (Å²) in [6, 6.07) is 0. The average Bonchev–Trinajstić information content (AvgIpc) is 2.41. The topological polar surface area (TPSA) is 56.2 Å². The van der Waals surface area contributed by atoms with Crippen molar-refractivity contribution in [2.75, 3.05) is 5.73 Å². The fraction of sp³-hybridized carbons (Fsp3) is 0.143. The molecule has 2 heterocycles. The second-order valence-electron chi connectivity index (χ2n) is 2.54. The minimum Gasteiger partial charge on any atom is -0.381 e. The number of aromatic nitrogens is 3. The van der Waals surface area contributed by atoms with E-state index in [1.165, 1.54) is 0 Å². The number of fused-ring (bicyclic) bond motifs is 1. The van der Waals surface area contributed by atoms with Gasteiger partial charge in [0.2, 0.25) is 0 Å². The number of nitrogens with zero attached hydrogens (tertiary/aromatic N) is 3. The molecular weight excluding hydrogens is 267 g/mol. The first-order chi connectivity index (χ1) is 5.68. The Balaban J connectivity index is 2.93. The van der Waals surface area contributed by atoms with Gasteiger partial charge in [-0.3, -0.25) is 4.40 Å². The van der Waals surface area contributed by atoms with Gasteiger partial charge in [-0.05, 0) is 29.5 Å². The Morgan fingerprint density at radius 1 is 1.58 bits per heavy atom. The molecule has 2 N–H and O–H groups in total. The smallest absolute Gasteiger partial charge is 0.180 e. The Morgan fingerprint density at radius 3 is 3.00 bits per heavy atom. The van der Waals surface area contributed by atoms with Crippen LogP contribution < -0.4 is 5.73 Å². The van der Waals surface area contributed by atoms with Crippen LogP contribution in [0.3, 0.4) is 0 Å². The Bertz CT molecular complexity index is 395. The van der Waals surface area contributed by atoms with Crippen molar-refractivity contribution in [1.29, 1.82) is 0 Å². The van der Waals surface area contributed by atoms with E-state index in [4.69, 9.17) is 5.73 Å². The molecule has 0 aliphatic rings. The lowest BCUT2D eigenvalue weighted by atomic mass is 10.6. The van der Waals surface area contributed by atoms with Crippen LogP contribution in [0.1, 0.15) is 5.69 Å². The van der Waals surface area contributed by atoms with Crippen LogP contribution in [0.2, 0.25) is 0 Å². The summed E-state index contributed by atoms with van der Waals surface area (Å²) in [5.41, 5.74) is 7.33. The first-order valence-electron chi connectivity index (χ1n) is 3.44. The molecule has 0 saturated carbocycles. The quantitative estimate of drug-likeness (QED) is 0.735. The van der Waals surface area contributed by atoms with Gasteiger partial charge < -0.3 is 5.73 Å². The van der Waals surface area contributed by atoms with Crippen LogP contribution in [-0.2, 0) is 0 Å². The number of imidazole rings is 1. The lowest BCUT2D eigenvalue weighted by Gasteiger charge is -1.97. The highest BCUT2D eigenvalue weighted by Crippen LogP contribution is 2.13. The predicted molar refractivity (Wildman–Crippen MR) is 54.9 cm³/mol. The number of nitrogens with two attached hydrogens (primary N) is 1. The SMILES string of the molecule is Cc1cn2c(I)cnc(N)c2n1. The van der Waals surface area contributed by atoms with E-state index >= 15 is 0 Å². The van der Waals surface area contributed by atoms with E-state index in [9.17, 15) is 0 Å². The Morgan fingerprint density at radius 2 is 2.33 bits per heavy atom. The number of hydrogen-bond acceptors (Lipinski definition) is 3. The number of rotatable bonds is 0. The summed E-state index contributed by atoms with van der Waals surface area (Å²) in [6.45, 7) is 1.93. The normalized spacial score (nSPS) is 10.8. The molecule has 5 heteroatoms. The molecule has 0 atom stereocenters. The number of hydrogen-bond donors (Lipinski definition) is 1. The van der Waals surface area contributed by atoms with Crippen LogP contribution in [0.5, 0.6) is 0 Å². The first kappa shape index (κ1) is 7.78. The molecule has 0 saturated heterocycles. The molecule has 0 unspecified atom stereocenters. The summed E-state index contributed by atoms with van der Waals surface area (Å²) in [7, 11) is 0. The Hall–Kier alpha value is -0.850. The lowest BCUT2D eigenvalue weighted by Crippen LogP contribution is -1.98. The summed E-state index contributed by atoms with van der Waals surface area (Å²) in [4.78, 5) is 8.25. The fourth-order valence-electron chi connectivity index (χ4n) is 1.08. The summed E-state index contributed by atoms with van der Waals surface area (Å²) in [5.74, 6) is 0.475. The zero-order chi connectivity index (χ0) is 8.72. The van der Waals surface area contributed by atoms with Gasteiger partial charge in [0.05, 0.1) is 11.9 Å². The van der Waals surface area contributed by atoms with Crippen LogP contribution in [0, 0.1) is 10.6 Å². The molecule has 0 fully saturated rings. The van der Waals surface area contributed by atoms with E-state index in [1.54, 1.807) is 6.20 Å². The number of aryl methyl sites for hydroxylation is 1. The molecule has 0 aromatic carbocycles. The maximum Gasteiger partial charge on any atom is 0.180 e. The van der Waals surface area contributed by atoms with E-state index < -0.39 is 0 Å². The fourth-order valence-corrected chi connectivity index (χ4v) is 1.59. The zero-order valence-electron chi connectivity index (χ0n) is 6.45. The molecule has 0 aliphatic carbocycles. The summed E-state index contributed by atoms with van der Waals surface area (Å²) in [5, 5.41) is 0. The molecule has 0 aliphatic heterocycles. The molecule has 2 aromatic rings. The molecule has 4 nitrogen and oxygen atoms in total. The molecule has 62 valence electrons. The van der Waals surface area contributed by atoms with Gasteiger partial charge in [-0.2, -0.15) is 0 Å². The van der Waals surface area contributed by atoms with Crippen LogP contribution in [0.25, 0.3) is 5.65 Å². The monoisotopic (exact) mass is 274 g/mol. The van der Waals surface area contributed by atoms with Crippen LogP contribution in [0.4, 0.5) is 5.82 Å². The first-order valence-corrected chi connectivity index (χ1v) is 4.52. The molecule has 0 spiro atoms. The van der Waals surface area contributed by atoms with Gasteiger partial charge in [0.1, 0.15) is 3.70 Å². The predicted octanol–water partition coefficient (Wildman–Crippen LogP) is 1.22. The van der Waals surface area contributed by atoms with E-state index in [0.717, 1.165) is 15.0 Å². The zero-order valence-corrected chi connectivity index (χ0v) is 8.61. The third-order valence-electron chi connectivity index (χ3n) is 1.60. The van der Waals surface area contributed by atoms with Crippen molar-refractivity contribution in [1.82, 2.24) is 14.4 Å². The van der Waals surface area contributed by atoms with Crippen molar-refractivity contribution < 1.29 is 0 Å². The minimum atomic E-state index is 0.475. The third-order valence-corrected chi connectivity index (χ3v) is 2.39. The van der Waals surface area contributed by atoms with E-state index in [-0.39, 0.29) is 0 Å². The molecule has 0 amide bonds. The van der Waals surface area contributed by atoms with Gasteiger partial charge in [0.25, 0.3) is 0 Å². The highest BCUT2D eigenvalue weighted by Gasteiger charge is 2.04. The maximum absolute atomic E-state index is 5.64. The summed E-state index contributed by atoms with van der Waals surface area (Å²) in [6.07, 6.45) is 3.67. The van der Waals surface area contributed by atoms with Crippen molar-refractivity contribution in [3.63, 3.8) is 0 Å². The Labute approximate surface area is 83.0 Å². The van der Waals surface area contributed by atoms with Crippen molar-refractivity contribution in [3.05, 3.63) is 21.8 Å². The van der Waals surface area contributed by atoms with Crippen LogP contribution in [0.15, 0.2) is 12.4 Å². The molecule has 0 radical (unpaired) electrons. The number of halogens is 1. The molecular formula is C7H7IN4. The van der Waals surface area contributed by atoms with E-state index in [1.807, 2.05) is 17.5 Å². The van der Waals surface area contributed by atoms with Crippen molar-refractivity contribution >= 4 is 34.1 Å². The Kier molecular flexibility index (Phi) is 1.67. The van der Waals surface area contributed by atoms with Gasteiger partial charge in [0.15, 0.2) is 11.5 Å². The van der Waals surface area contributed by atoms with E-state index in [2.05, 4.69) is 32.6 Å². The van der Waals surface area contributed by atoms with Gasteiger partial charge >= 0.3 is 0 Å². The number of anilines is 1. The lowest BCUT2D eigenvalue weighted by molar-refractivity contribution is 1.09. The second-order valence-corrected chi connectivity index (χ2v) is 3.65. The summed E-state index contributed by atoms with van der Waals surface area (Å²) >= 11 is 2.19. The largest absolute Gasteiger partial charge is 0.381 e. The molecule has 2 rings (SSSR count). The number of nitrogen functional groups attached to an aromatic ring is 1. The van der Waals surface area contributed by atoms with Crippen molar-refractivity contribution in [2.45, 2.75) is 6.92 Å². The highest BCUT2D eigenvalue weighted by atomic mass is 127. The maximum atomic E-state index is 5.64. The average molecular weight is 274 g/mol. The van der Waals surface area contributed by atoms with Crippen molar-refractivity contribution in [3.8, 4) is 0 Å².